The van der Waals surface area contributed by atoms with E-state index in [1.807, 2.05) is 83.1 Å². The number of nitrogens with zero attached hydrogens (tertiary/aromatic N) is 2. The molecular weight excluding hydrogens is 284 g/mol. The van der Waals surface area contributed by atoms with Crippen LogP contribution in [0, 0.1) is 0 Å². The number of hydrogen-bond acceptors (Lipinski definition) is 2. The minimum absolute atomic E-state index is 0.494. The van der Waals surface area contributed by atoms with Gasteiger partial charge in [0.05, 0.1) is 0 Å². The Bertz CT molecular complexity index is 388. The minimum atomic E-state index is -3.63. The van der Waals surface area contributed by atoms with E-state index in [2.05, 4.69) is 0 Å². The molecule has 0 aliphatic heterocycles. The van der Waals surface area contributed by atoms with E-state index >= 15 is 0 Å². The van der Waals surface area contributed by atoms with E-state index in [0.29, 0.717) is 0 Å². The Kier molecular flexibility index (Phi) is 5.46. The standard InChI is InChI=1S/C16H36N2O2S/c1-13(2,3)17(14(4,5)6)21(19,20)18(15(7,8)9)16(10,11)12/h1-12H3. The van der Waals surface area contributed by atoms with Crippen molar-refractivity contribution in [2.75, 3.05) is 0 Å². The van der Waals surface area contributed by atoms with E-state index in [4.69, 9.17) is 0 Å². The molecule has 5 heteroatoms. The van der Waals surface area contributed by atoms with E-state index in [0.717, 1.165) is 0 Å². The fourth-order valence-electron chi connectivity index (χ4n) is 3.48. The van der Waals surface area contributed by atoms with Crippen LogP contribution < -0.4 is 0 Å². The van der Waals surface area contributed by atoms with Gasteiger partial charge in [0.25, 0.3) is 10.2 Å². The van der Waals surface area contributed by atoms with Gasteiger partial charge in [0, 0.05) is 22.2 Å². The average Bonchev–Trinajstić information content (AvgIpc) is 1.84. The molecule has 0 N–H and O–H groups in total. The van der Waals surface area contributed by atoms with Crippen LogP contribution in [0.25, 0.3) is 0 Å². The Labute approximate surface area is 133 Å². The van der Waals surface area contributed by atoms with E-state index in [-0.39, 0.29) is 0 Å². The average molecular weight is 321 g/mol. The molecule has 0 bridgehead atoms. The van der Waals surface area contributed by atoms with E-state index < -0.39 is 32.4 Å². The molecule has 128 valence electrons. The fourth-order valence-corrected chi connectivity index (χ4v) is 6.41. The van der Waals surface area contributed by atoms with E-state index in [1.54, 1.807) is 8.61 Å². The maximum atomic E-state index is 13.5. The van der Waals surface area contributed by atoms with Gasteiger partial charge in [-0.25, -0.2) is 0 Å². The summed E-state index contributed by atoms with van der Waals surface area (Å²) in [6.45, 7) is 23.3. The zero-order valence-corrected chi connectivity index (χ0v) is 16.9. The Morgan fingerprint density at radius 2 is 0.619 bits per heavy atom. The molecule has 0 spiro atoms. The van der Waals surface area contributed by atoms with Gasteiger partial charge in [0.1, 0.15) is 0 Å². The van der Waals surface area contributed by atoms with Crippen molar-refractivity contribution in [3.63, 3.8) is 0 Å². The summed E-state index contributed by atoms with van der Waals surface area (Å²) in [4.78, 5) is 0. The normalized spacial score (nSPS) is 15.9. The molecule has 0 aliphatic carbocycles. The van der Waals surface area contributed by atoms with Gasteiger partial charge in [0.15, 0.2) is 0 Å². The highest BCUT2D eigenvalue weighted by molar-refractivity contribution is 7.86. The summed E-state index contributed by atoms with van der Waals surface area (Å²) in [5.41, 5.74) is -1.98. The minimum Gasteiger partial charge on any atom is -0.195 e. The highest BCUT2D eigenvalue weighted by Crippen LogP contribution is 2.37. The molecule has 0 radical (unpaired) electrons. The fraction of sp³-hybridized carbons (Fsp3) is 1.00. The maximum Gasteiger partial charge on any atom is 0.283 e. The van der Waals surface area contributed by atoms with Crippen LogP contribution in [0.4, 0.5) is 0 Å². The quantitative estimate of drug-likeness (QED) is 0.770. The molecule has 0 aromatic rings. The maximum absolute atomic E-state index is 13.5. The second-order valence-electron chi connectivity index (χ2n) is 9.72. The summed E-state index contributed by atoms with van der Waals surface area (Å²) in [6.07, 6.45) is 0. The molecule has 0 saturated carbocycles. The molecule has 4 nitrogen and oxygen atoms in total. The van der Waals surface area contributed by atoms with Gasteiger partial charge >= 0.3 is 0 Å². The highest BCUT2D eigenvalue weighted by Gasteiger charge is 2.50. The summed E-state index contributed by atoms with van der Waals surface area (Å²) in [6, 6.07) is 0. The van der Waals surface area contributed by atoms with Gasteiger partial charge < -0.3 is 0 Å². The lowest BCUT2D eigenvalue weighted by molar-refractivity contribution is 0.0836. The van der Waals surface area contributed by atoms with Crippen LogP contribution in [0.15, 0.2) is 0 Å². The van der Waals surface area contributed by atoms with Crippen molar-refractivity contribution in [1.29, 1.82) is 0 Å². The summed E-state index contributed by atoms with van der Waals surface area (Å²) in [5.74, 6) is 0. The molecular formula is C16H36N2O2S. The lowest BCUT2D eigenvalue weighted by atomic mass is 10.0. The molecule has 0 aromatic carbocycles. The predicted molar refractivity (Wildman–Crippen MR) is 91.6 cm³/mol. The molecule has 0 fully saturated rings. The van der Waals surface area contributed by atoms with Crippen LogP contribution in [0.5, 0.6) is 0 Å². The van der Waals surface area contributed by atoms with Gasteiger partial charge in [-0.05, 0) is 83.1 Å². The van der Waals surface area contributed by atoms with Crippen LogP contribution in [-0.4, -0.2) is 39.2 Å². The second kappa shape index (κ2) is 5.50. The molecule has 0 aromatic heterocycles. The third-order valence-corrected chi connectivity index (χ3v) is 6.01. The van der Waals surface area contributed by atoms with Gasteiger partial charge in [-0.3, -0.25) is 0 Å². The smallest absolute Gasteiger partial charge is 0.195 e. The number of rotatable bonds is 2. The van der Waals surface area contributed by atoms with E-state index in [1.165, 1.54) is 0 Å². The number of hydrogen-bond donors (Lipinski definition) is 0. The molecule has 0 atom stereocenters. The zero-order chi connectivity index (χ0) is 17.7. The van der Waals surface area contributed by atoms with Crippen LogP contribution in [0.2, 0.25) is 0 Å². The zero-order valence-electron chi connectivity index (χ0n) is 16.1. The van der Waals surface area contributed by atoms with Crippen molar-refractivity contribution in [3.05, 3.63) is 0 Å². The predicted octanol–water partition coefficient (Wildman–Crippen LogP) is 4.03. The lowest BCUT2D eigenvalue weighted by Crippen LogP contribution is -2.66. The molecule has 21 heavy (non-hydrogen) atoms. The topological polar surface area (TPSA) is 40.6 Å². The first-order valence-electron chi connectivity index (χ1n) is 7.59. The Morgan fingerprint density at radius 1 is 0.476 bits per heavy atom. The molecule has 0 aliphatic rings. The van der Waals surface area contributed by atoms with Crippen molar-refractivity contribution in [1.82, 2.24) is 8.61 Å². The molecule has 0 unspecified atom stereocenters. The lowest BCUT2D eigenvalue weighted by Gasteiger charge is -2.52. The monoisotopic (exact) mass is 320 g/mol. The van der Waals surface area contributed by atoms with Crippen molar-refractivity contribution in [3.8, 4) is 0 Å². The van der Waals surface area contributed by atoms with Crippen LogP contribution in [0.3, 0.4) is 0 Å². The van der Waals surface area contributed by atoms with Gasteiger partial charge in [-0.15, -0.1) is 0 Å². The van der Waals surface area contributed by atoms with Crippen molar-refractivity contribution in [2.24, 2.45) is 0 Å². The first-order chi connectivity index (χ1) is 8.73. The van der Waals surface area contributed by atoms with Crippen molar-refractivity contribution >= 4 is 10.2 Å². The first kappa shape index (κ1) is 20.9. The van der Waals surface area contributed by atoms with Gasteiger partial charge in [0.2, 0.25) is 0 Å². The summed E-state index contributed by atoms with van der Waals surface area (Å²) in [7, 11) is -3.63. The van der Waals surface area contributed by atoms with Crippen LogP contribution in [0.1, 0.15) is 83.1 Å². The summed E-state index contributed by atoms with van der Waals surface area (Å²) in [5, 5.41) is 0. The van der Waals surface area contributed by atoms with Crippen LogP contribution >= 0.6 is 0 Å². The Morgan fingerprint density at radius 3 is 0.714 bits per heavy atom. The highest BCUT2D eigenvalue weighted by atomic mass is 32.2. The van der Waals surface area contributed by atoms with Crippen molar-refractivity contribution < 1.29 is 8.42 Å². The largest absolute Gasteiger partial charge is 0.283 e. The van der Waals surface area contributed by atoms with Gasteiger partial charge in [-0.2, -0.15) is 17.0 Å². The summed E-state index contributed by atoms with van der Waals surface area (Å²) < 4.78 is 30.2. The molecule has 0 heterocycles. The van der Waals surface area contributed by atoms with E-state index in [9.17, 15) is 8.42 Å². The third kappa shape index (κ3) is 4.93. The van der Waals surface area contributed by atoms with Crippen LogP contribution in [-0.2, 0) is 10.2 Å². The van der Waals surface area contributed by atoms with Crippen molar-refractivity contribution in [2.45, 2.75) is 105 Å². The molecule has 0 amide bonds. The molecule has 0 saturated heterocycles. The van der Waals surface area contributed by atoms with Gasteiger partial charge in [-0.1, -0.05) is 0 Å². The molecule has 0 rings (SSSR count). The third-order valence-electron chi connectivity index (χ3n) is 2.90. The Hall–Kier alpha value is -0.130. The second-order valence-corrected chi connectivity index (χ2v) is 11.3. The first-order valence-corrected chi connectivity index (χ1v) is 8.99. The Balaban J connectivity index is 6.37. The summed E-state index contributed by atoms with van der Waals surface area (Å²) >= 11 is 0. The SMILES string of the molecule is CC(C)(C)N(C(C)(C)C)S(=O)(=O)N(C(C)(C)C)C(C)(C)C.